The minimum absolute atomic E-state index is 0.00607. The predicted molar refractivity (Wildman–Crippen MR) is 130 cm³/mol. The molecule has 34 heavy (non-hydrogen) atoms. The summed E-state index contributed by atoms with van der Waals surface area (Å²) >= 11 is 0. The van der Waals surface area contributed by atoms with Crippen LogP contribution in [0.5, 0.6) is 11.5 Å². The second-order valence-electron chi connectivity index (χ2n) is 8.48. The molecule has 0 aliphatic rings. The lowest BCUT2D eigenvalue weighted by Gasteiger charge is -2.18. The van der Waals surface area contributed by atoms with Crippen LogP contribution in [0.25, 0.3) is 0 Å². The fourth-order valence-corrected chi connectivity index (χ4v) is 3.76. The van der Waals surface area contributed by atoms with Crippen LogP contribution in [-0.2, 0) is 30.8 Å². The van der Waals surface area contributed by atoms with Crippen molar-refractivity contribution in [3.63, 3.8) is 0 Å². The van der Waals surface area contributed by atoms with Gasteiger partial charge in [-0.3, -0.25) is 4.79 Å². The molecule has 0 heterocycles. The van der Waals surface area contributed by atoms with Crippen LogP contribution in [-0.4, -0.2) is 38.9 Å². The Morgan fingerprint density at radius 3 is 2.41 bits per heavy atom. The molecule has 0 unspecified atom stereocenters. The van der Waals surface area contributed by atoms with Gasteiger partial charge in [-0.1, -0.05) is 48.5 Å². The lowest BCUT2D eigenvalue weighted by Crippen LogP contribution is -2.32. The van der Waals surface area contributed by atoms with Crippen LogP contribution in [0.15, 0.2) is 66.7 Å². The van der Waals surface area contributed by atoms with Gasteiger partial charge in [0.15, 0.2) is 0 Å². The van der Waals surface area contributed by atoms with Gasteiger partial charge in [0.05, 0.1) is 19.1 Å². The van der Waals surface area contributed by atoms with Crippen molar-refractivity contribution >= 4 is 5.91 Å². The van der Waals surface area contributed by atoms with Crippen LogP contribution >= 0.6 is 0 Å². The molecule has 1 amide bonds. The van der Waals surface area contributed by atoms with E-state index < -0.39 is 6.10 Å². The molecular weight excluding hydrogens is 432 g/mol. The third kappa shape index (κ3) is 7.31. The van der Waals surface area contributed by atoms with Crippen molar-refractivity contribution in [2.24, 2.45) is 0 Å². The van der Waals surface area contributed by atoms with Gasteiger partial charge >= 0.3 is 0 Å². The summed E-state index contributed by atoms with van der Waals surface area (Å²) in [5, 5.41) is 45.4. The third-order valence-electron chi connectivity index (χ3n) is 5.68. The Bertz CT molecular complexity index is 1100. The first-order valence-corrected chi connectivity index (χ1v) is 11.3. The molecule has 3 aromatic rings. The van der Waals surface area contributed by atoms with Gasteiger partial charge in [0.25, 0.3) is 0 Å². The van der Waals surface area contributed by atoms with Crippen LogP contribution in [0.1, 0.15) is 40.8 Å². The number of para-hydroxylation sites is 1. The summed E-state index contributed by atoms with van der Waals surface area (Å²) in [5.41, 5.74) is 3.66. The number of aliphatic hydroxyl groups is 2. The number of carbonyl (C=O) groups excluding carboxylic acids is 1. The minimum atomic E-state index is -0.771. The number of amides is 1. The molecule has 0 aliphatic carbocycles. The maximum absolute atomic E-state index is 12.3. The summed E-state index contributed by atoms with van der Waals surface area (Å²) in [7, 11) is 0. The fourth-order valence-electron chi connectivity index (χ4n) is 3.76. The number of hydrogen-bond donors (Lipinski definition) is 6. The van der Waals surface area contributed by atoms with Gasteiger partial charge in [0.2, 0.25) is 5.91 Å². The number of phenolic OH excluding ortho intramolecular Hbond substituents is 1. The van der Waals surface area contributed by atoms with Crippen LogP contribution in [0.3, 0.4) is 0 Å². The second kappa shape index (κ2) is 12.2. The number of nitrogens with one attached hydrogen (secondary N) is 2. The molecule has 0 fully saturated rings. The molecule has 7 nitrogen and oxygen atoms in total. The predicted octanol–water partition coefficient (Wildman–Crippen LogP) is 2.70. The van der Waals surface area contributed by atoms with Crippen molar-refractivity contribution < 1.29 is 25.2 Å². The Labute approximate surface area is 199 Å². The normalized spacial score (nSPS) is 12.8. The van der Waals surface area contributed by atoms with E-state index in [1.165, 1.54) is 6.07 Å². The number of benzene rings is 3. The maximum Gasteiger partial charge on any atom is 0.224 e. The lowest BCUT2D eigenvalue weighted by molar-refractivity contribution is -0.120. The SMILES string of the molecule is C[C@H](Cc1cccc(CC(=O)NCc2ccccc2O)c1)NC[C@H](O)c1ccc(O)c(CO)c1. The zero-order chi connectivity index (χ0) is 24.5. The van der Waals surface area contributed by atoms with Gasteiger partial charge in [-0.2, -0.15) is 0 Å². The summed E-state index contributed by atoms with van der Waals surface area (Å²) < 4.78 is 0. The van der Waals surface area contributed by atoms with Crippen molar-refractivity contribution in [2.75, 3.05) is 6.54 Å². The number of rotatable bonds is 11. The third-order valence-corrected chi connectivity index (χ3v) is 5.68. The molecule has 6 N–H and O–H groups in total. The zero-order valence-electron chi connectivity index (χ0n) is 19.2. The van der Waals surface area contributed by atoms with Crippen molar-refractivity contribution in [3.8, 4) is 11.5 Å². The van der Waals surface area contributed by atoms with E-state index in [0.717, 1.165) is 17.5 Å². The van der Waals surface area contributed by atoms with Gasteiger partial charge in [0, 0.05) is 30.3 Å². The summed E-state index contributed by atoms with van der Waals surface area (Å²) in [4.78, 5) is 12.3. The highest BCUT2D eigenvalue weighted by Gasteiger charge is 2.13. The zero-order valence-corrected chi connectivity index (χ0v) is 19.2. The average molecular weight is 465 g/mol. The molecular formula is C27H32N2O5. The maximum atomic E-state index is 12.3. The average Bonchev–Trinajstić information content (AvgIpc) is 2.82. The highest BCUT2D eigenvalue weighted by Crippen LogP contribution is 2.22. The summed E-state index contributed by atoms with van der Waals surface area (Å²) in [6.07, 6.45) is 0.195. The van der Waals surface area contributed by atoms with Crippen molar-refractivity contribution in [1.82, 2.24) is 10.6 Å². The van der Waals surface area contributed by atoms with Gasteiger partial charge in [-0.25, -0.2) is 0 Å². The van der Waals surface area contributed by atoms with E-state index in [0.29, 0.717) is 23.2 Å². The lowest BCUT2D eigenvalue weighted by atomic mass is 10.0. The molecule has 3 rings (SSSR count). The molecule has 0 radical (unpaired) electrons. The fraction of sp³-hybridized carbons (Fsp3) is 0.296. The topological polar surface area (TPSA) is 122 Å². The molecule has 3 aromatic carbocycles. The molecule has 0 aliphatic heterocycles. The molecule has 7 heteroatoms. The largest absolute Gasteiger partial charge is 0.508 e. The van der Waals surface area contributed by atoms with E-state index in [4.69, 9.17) is 0 Å². The van der Waals surface area contributed by atoms with Crippen LogP contribution in [0.4, 0.5) is 0 Å². The van der Waals surface area contributed by atoms with Crippen LogP contribution < -0.4 is 10.6 Å². The molecule has 0 saturated heterocycles. The van der Waals surface area contributed by atoms with E-state index >= 15 is 0 Å². The Balaban J connectivity index is 1.48. The first-order chi connectivity index (χ1) is 16.4. The Morgan fingerprint density at radius 2 is 1.65 bits per heavy atom. The number of phenols is 2. The standard InChI is InChI=1S/C27H32N2O5/c1-18(28-16-26(33)21-9-10-25(32)23(14-21)17-30)11-19-5-4-6-20(12-19)13-27(34)29-15-22-7-2-3-8-24(22)31/h2-10,12,14,18,26,28,30-33H,11,13,15-17H2,1H3,(H,29,34)/t18-,26+/m1/s1. The number of aliphatic hydroxyl groups excluding tert-OH is 2. The highest BCUT2D eigenvalue weighted by atomic mass is 16.3. The van der Waals surface area contributed by atoms with Gasteiger partial charge < -0.3 is 31.1 Å². The summed E-state index contributed by atoms with van der Waals surface area (Å²) in [6.45, 7) is 2.33. The number of carbonyl (C=O) groups is 1. The Kier molecular flexibility index (Phi) is 9.04. The van der Waals surface area contributed by atoms with Gasteiger partial charge in [-0.05, 0) is 48.2 Å². The highest BCUT2D eigenvalue weighted by molar-refractivity contribution is 5.78. The Hall–Kier alpha value is -3.39. The van der Waals surface area contributed by atoms with Gasteiger partial charge in [-0.15, -0.1) is 0 Å². The minimum Gasteiger partial charge on any atom is -0.508 e. The number of hydrogen-bond acceptors (Lipinski definition) is 6. The first kappa shape index (κ1) is 25.2. The summed E-state index contributed by atoms with van der Waals surface area (Å²) in [5.74, 6) is 0.0491. The molecule has 0 aromatic heterocycles. The summed E-state index contributed by atoms with van der Waals surface area (Å²) in [6, 6.07) is 19.5. The first-order valence-electron chi connectivity index (χ1n) is 11.3. The molecule has 0 spiro atoms. The van der Waals surface area contributed by atoms with Gasteiger partial charge in [0.1, 0.15) is 11.5 Å². The van der Waals surface area contributed by atoms with Crippen molar-refractivity contribution in [3.05, 3.63) is 94.5 Å². The van der Waals surface area contributed by atoms with Crippen molar-refractivity contribution in [2.45, 2.75) is 45.1 Å². The van der Waals surface area contributed by atoms with E-state index in [9.17, 15) is 25.2 Å². The monoisotopic (exact) mass is 464 g/mol. The smallest absolute Gasteiger partial charge is 0.224 e. The van der Waals surface area contributed by atoms with Crippen LogP contribution in [0, 0.1) is 0 Å². The molecule has 0 saturated carbocycles. The number of aromatic hydroxyl groups is 2. The van der Waals surface area contributed by atoms with E-state index in [-0.39, 0.29) is 43.0 Å². The van der Waals surface area contributed by atoms with E-state index in [2.05, 4.69) is 10.6 Å². The Morgan fingerprint density at radius 1 is 0.912 bits per heavy atom. The van der Waals surface area contributed by atoms with Crippen LogP contribution in [0.2, 0.25) is 0 Å². The molecule has 2 atom stereocenters. The molecule has 0 bridgehead atoms. The molecule has 180 valence electrons. The quantitative estimate of drug-likeness (QED) is 0.259. The second-order valence-corrected chi connectivity index (χ2v) is 8.48. The van der Waals surface area contributed by atoms with Crippen molar-refractivity contribution in [1.29, 1.82) is 0 Å². The van der Waals surface area contributed by atoms with E-state index in [1.54, 1.807) is 30.3 Å². The van der Waals surface area contributed by atoms with E-state index in [1.807, 2.05) is 37.3 Å².